The molecule has 0 fully saturated rings. The van der Waals surface area contributed by atoms with Crippen LogP contribution >= 0.6 is 35.1 Å². The highest BCUT2D eigenvalue weighted by Gasteiger charge is 2.06. The van der Waals surface area contributed by atoms with Gasteiger partial charge in [0, 0.05) is 31.8 Å². The molecule has 0 spiro atoms. The number of halogens is 1. The SMILES string of the molecule is O=C(CSc1ccc([N+](=O)[O-])cc1)N/N=C\c1ccc(Sc2ccc(Cl)cc2)cc1. The van der Waals surface area contributed by atoms with E-state index in [4.69, 9.17) is 11.6 Å². The Labute approximate surface area is 186 Å². The summed E-state index contributed by atoms with van der Waals surface area (Å²) in [7, 11) is 0. The molecule has 0 bridgehead atoms. The number of amides is 1. The average molecular weight is 458 g/mol. The zero-order valence-electron chi connectivity index (χ0n) is 15.5. The Balaban J connectivity index is 1.44. The summed E-state index contributed by atoms with van der Waals surface area (Å²) in [6, 6.07) is 21.5. The van der Waals surface area contributed by atoms with E-state index in [2.05, 4.69) is 10.5 Å². The maximum atomic E-state index is 11.9. The lowest BCUT2D eigenvalue weighted by molar-refractivity contribution is -0.384. The summed E-state index contributed by atoms with van der Waals surface area (Å²) in [6.45, 7) is 0. The highest BCUT2D eigenvalue weighted by atomic mass is 35.5. The van der Waals surface area contributed by atoms with Gasteiger partial charge in [0.25, 0.3) is 5.69 Å². The standard InChI is InChI=1S/C21H16ClN3O3S2/c22-16-3-9-20(10-4-16)30-19-7-1-15(2-8-19)13-23-24-21(26)14-29-18-11-5-17(6-12-18)25(27)28/h1-13H,14H2,(H,24,26)/b23-13-. The second-order valence-corrected chi connectivity index (χ2v) is 8.59. The van der Waals surface area contributed by atoms with E-state index in [1.165, 1.54) is 23.9 Å². The maximum Gasteiger partial charge on any atom is 0.269 e. The van der Waals surface area contributed by atoms with Crippen molar-refractivity contribution >= 4 is 52.9 Å². The molecule has 0 aliphatic rings. The molecule has 3 rings (SSSR count). The molecular weight excluding hydrogens is 442 g/mol. The van der Waals surface area contributed by atoms with Crippen LogP contribution in [0.1, 0.15) is 5.56 Å². The largest absolute Gasteiger partial charge is 0.272 e. The van der Waals surface area contributed by atoms with Gasteiger partial charge in [-0.2, -0.15) is 5.10 Å². The number of non-ortho nitro benzene ring substituents is 1. The number of carbonyl (C=O) groups is 1. The number of hydrogen-bond acceptors (Lipinski definition) is 6. The number of thioether (sulfide) groups is 1. The van der Waals surface area contributed by atoms with Crippen LogP contribution in [-0.2, 0) is 4.79 Å². The molecule has 0 atom stereocenters. The second kappa shape index (κ2) is 10.8. The smallest absolute Gasteiger partial charge is 0.269 e. The lowest BCUT2D eigenvalue weighted by Gasteiger charge is -2.03. The summed E-state index contributed by atoms with van der Waals surface area (Å²) >= 11 is 8.80. The van der Waals surface area contributed by atoms with Crippen molar-refractivity contribution in [2.75, 3.05) is 5.75 Å². The van der Waals surface area contributed by atoms with E-state index < -0.39 is 4.92 Å². The summed E-state index contributed by atoms with van der Waals surface area (Å²) < 4.78 is 0. The Morgan fingerprint density at radius 3 is 2.13 bits per heavy atom. The van der Waals surface area contributed by atoms with Crippen LogP contribution in [-0.4, -0.2) is 22.8 Å². The van der Waals surface area contributed by atoms with Gasteiger partial charge in [-0.1, -0.05) is 35.5 Å². The van der Waals surface area contributed by atoms with E-state index in [0.717, 1.165) is 20.2 Å². The highest BCUT2D eigenvalue weighted by molar-refractivity contribution is 8.00. The zero-order chi connectivity index (χ0) is 21.3. The minimum absolute atomic E-state index is 0.0194. The van der Waals surface area contributed by atoms with Gasteiger partial charge in [0.1, 0.15) is 0 Å². The summed E-state index contributed by atoms with van der Waals surface area (Å²) in [6.07, 6.45) is 1.57. The third-order valence-electron chi connectivity index (χ3n) is 3.75. The van der Waals surface area contributed by atoms with Crippen LogP contribution in [0.15, 0.2) is 92.6 Å². The first-order valence-electron chi connectivity index (χ1n) is 8.72. The molecule has 3 aromatic carbocycles. The number of nitro benzene ring substituents is 1. The maximum absolute atomic E-state index is 11.9. The Morgan fingerprint density at radius 1 is 0.967 bits per heavy atom. The summed E-state index contributed by atoms with van der Waals surface area (Å²) in [4.78, 5) is 25.0. The Hall–Kier alpha value is -2.81. The molecule has 30 heavy (non-hydrogen) atoms. The second-order valence-electron chi connectivity index (χ2n) is 5.96. The van der Waals surface area contributed by atoms with Crippen LogP contribution in [0.4, 0.5) is 5.69 Å². The predicted octanol–water partition coefficient (Wildman–Crippen LogP) is 5.64. The molecule has 0 aliphatic heterocycles. The molecule has 0 unspecified atom stereocenters. The van der Waals surface area contributed by atoms with Crippen molar-refractivity contribution in [3.8, 4) is 0 Å². The number of hydrogen-bond donors (Lipinski definition) is 1. The first-order valence-corrected chi connectivity index (χ1v) is 10.9. The van der Waals surface area contributed by atoms with E-state index in [0.29, 0.717) is 5.02 Å². The lowest BCUT2D eigenvalue weighted by Crippen LogP contribution is -2.19. The van der Waals surface area contributed by atoms with Crippen LogP contribution in [0.2, 0.25) is 5.02 Å². The summed E-state index contributed by atoms with van der Waals surface area (Å²) in [5, 5.41) is 15.3. The van der Waals surface area contributed by atoms with Crippen LogP contribution in [0.5, 0.6) is 0 Å². The van der Waals surface area contributed by atoms with E-state index in [1.54, 1.807) is 30.1 Å². The minimum atomic E-state index is -0.460. The van der Waals surface area contributed by atoms with E-state index >= 15 is 0 Å². The Bertz CT molecular complexity index is 1040. The number of carbonyl (C=O) groups excluding carboxylic acids is 1. The summed E-state index contributed by atoms with van der Waals surface area (Å²) in [5.74, 6) is -0.101. The molecule has 0 saturated carbocycles. The highest BCUT2D eigenvalue weighted by Crippen LogP contribution is 2.28. The fourth-order valence-corrected chi connectivity index (χ4v) is 3.92. The molecule has 0 aliphatic carbocycles. The number of rotatable bonds is 8. The van der Waals surface area contributed by atoms with Gasteiger partial charge >= 0.3 is 0 Å². The van der Waals surface area contributed by atoms with Crippen molar-refractivity contribution in [2.24, 2.45) is 5.10 Å². The normalized spacial score (nSPS) is 10.8. The van der Waals surface area contributed by atoms with Crippen molar-refractivity contribution in [3.63, 3.8) is 0 Å². The van der Waals surface area contributed by atoms with E-state index in [9.17, 15) is 14.9 Å². The monoisotopic (exact) mass is 457 g/mol. The number of nitro groups is 1. The first kappa shape index (κ1) is 21.9. The topological polar surface area (TPSA) is 84.6 Å². The third-order valence-corrected chi connectivity index (χ3v) is 6.03. The van der Waals surface area contributed by atoms with Gasteiger partial charge in [-0.3, -0.25) is 14.9 Å². The van der Waals surface area contributed by atoms with Crippen molar-refractivity contribution in [1.82, 2.24) is 5.43 Å². The van der Waals surface area contributed by atoms with Gasteiger partial charge in [-0.25, -0.2) is 5.43 Å². The molecule has 1 N–H and O–H groups in total. The fourth-order valence-electron chi connectivity index (χ4n) is 2.28. The zero-order valence-corrected chi connectivity index (χ0v) is 17.9. The van der Waals surface area contributed by atoms with Gasteiger partial charge in [0.15, 0.2) is 0 Å². The van der Waals surface area contributed by atoms with Crippen LogP contribution in [0.25, 0.3) is 0 Å². The molecule has 0 aromatic heterocycles. The van der Waals surface area contributed by atoms with Gasteiger partial charge in [-0.15, -0.1) is 11.8 Å². The van der Waals surface area contributed by atoms with Crippen molar-refractivity contribution in [3.05, 3.63) is 93.5 Å². The average Bonchev–Trinajstić information content (AvgIpc) is 2.75. The molecule has 9 heteroatoms. The molecule has 3 aromatic rings. The molecular formula is C21H16ClN3O3S2. The number of benzene rings is 3. The fraction of sp³-hybridized carbons (Fsp3) is 0.0476. The van der Waals surface area contributed by atoms with Gasteiger partial charge in [0.2, 0.25) is 5.91 Å². The van der Waals surface area contributed by atoms with Crippen molar-refractivity contribution < 1.29 is 9.72 Å². The molecule has 6 nitrogen and oxygen atoms in total. The van der Waals surface area contributed by atoms with Gasteiger partial charge in [-0.05, 0) is 54.1 Å². The van der Waals surface area contributed by atoms with E-state index in [-0.39, 0.29) is 17.3 Å². The number of hydrazone groups is 1. The Kier molecular flexibility index (Phi) is 7.89. The lowest BCUT2D eigenvalue weighted by atomic mass is 10.2. The summed E-state index contributed by atoms with van der Waals surface area (Å²) in [5.41, 5.74) is 3.35. The van der Waals surface area contributed by atoms with Crippen molar-refractivity contribution in [1.29, 1.82) is 0 Å². The quantitative estimate of drug-likeness (QED) is 0.205. The Morgan fingerprint density at radius 2 is 1.53 bits per heavy atom. The predicted molar refractivity (Wildman–Crippen MR) is 122 cm³/mol. The molecule has 1 amide bonds. The molecule has 0 radical (unpaired) electrons. The van der Waals surface area contributed by atoms with Crippen LogP contribution in [0, 0.1) is 10.1 Å². The number of nitrogens with one attached hydrogen (secondary N) is 1. The van der Waals surface area contributed by atoms with E-state index in [1.807, 2.05) is 48.5 Å². The molecule has 0 heterocycles. The van der Waals surface area contributed by atoms with Crippen LogP contribution < -0.4 is 5.43 Å². The van der Waals surface area contributed by atoms with Gasteiger partial charge in [0.05, 0.1) is 16.9 Å². The first-order chi connectivity index (χ1) is 14.5. The minimum Gasteiger partial charge on any atom is -0.272 e. The third kappa shape index (κ3) is 6.91. The molecule has 152 valence electrons. The van der Waals surface area contributed by atoms with Gasteiger partial charge < -0.3 is 0 Å². The molecule has 0 saturated heterocycles. The van der Waals surface area contributed by atoms with Crippen LogP contribution in [0.3, 0.4) is 0 Å². The number of nitrogens with zero attached hydrogens (tertiary/aromatic N) is 2. The van der Waals surface area contributed by atoms with Crippen molar-refractivity contribution in [2.45, 2.75) is 14.7 Å².